The number of esters is 1. The SMILES string of the molecule is CN(C=O)CC(=O)N1CC=C(c2cccc(C(C(=O)OCC3CCN(Cc4ccccc4)CC3)c3ccccc3)c2)CC1. The van der Waals surface area contributed by atoms with Crippen molar-refractivity contribution in [1.82, 2.24) is 14.7 Å². The summed E-state index contributed by atoms with van der Waals surface area (Å²) >= 11 is 0. The van der Waals surface area contributed by atoms with Gasteiger partial charge in [0.25, 0.3) is 0 Å². The molecular weight excluding hydrogens is 538 g/mol. The Labute approximate surface area is 254 Å². The molecule has 2 aliphatic heterocycles. The van der Waals surface area contributed by atoms with E-state index in [-0.39, 0.29) is 18.4 Å². The fraction of sp³-hybridized carbons (Fsp3) is 0.361. The Bertz CT molecular complexity index is 1400. The van der Waals surface area contributed by atoms with Crippen LogP contribution in [0.3, 0.4) is 0 Å². The molecule has 1 unspecified atom stereocenters. The van der Waals surface area contributed by atoms with Crippen LogP contribution in [0.1, 0.15) is 47.4 Å². The van der Waals surface area contributed by atoms with Gasteiger partial charge in [-0.3, -0.25) is 19.3 Å². The third-order valence-corrected chi connectivity index (χ3v) is 8.50. The van der Waals surface area contributed by atoms with Crippen molar-refractivity contribution in [3.8, 4) is 0 Å². The quantitative estimate of drug-likeness (QED) is 0.237. The lowest BCUT2D eigenvalue weighted by molar-refractivity contribution is -0.146. The smallest absolute Gasteiger partial charge is 0.317 e. The van der Waals surface area contributed by atoms with Gasteiger partial charge in [-0.25, -0.2) is 0 Å². The predicted octanol–water partition coefficient (Wildman–Crippen LogP) is 4.98. The topological polar surface area (TPSA) is 70.2 Å². The average molecular weight is 580 g/mol. The molecule has 43 heavy (non-hydrogen) atoms. The summed E-state index contributed by atoms with van der Waals surface area (Å²) in [5.74, 6) is -0.431. The van der Waals surface area contributed by atoms with Gasteiger partial charge in [-0.05, 0) is 66.1 Å². The van der Waals surface area contributed by atoms with Crippen LogP contribution in [0.4, 0.5) is 0 Å². The maximum Gasteiger partial charge on any atom is 0.317 e. The summed E-state index contributed by atoms with van der Waals surface area (Å²) in [5, 5.41) is 0. The van der Waals surface area contributed by atoms with Crippen LogP contribution in [0.5, 0.6) is 0 Å². The van der Waals surface area contributed by atoms with Crippen LogP contribution in [-0.4, -0.2) is 79.4 Å². The Kier molecular flexibility index (Phi) is 10.4. The van der Waals surface area contributed by atoms with Crippen LogP contribution in [0.2, 0.25) is 0 Å². The molecule has 5 rings (SSSR count). The molecule has 0 radical (unpaired) electrons. The van der Waals surface area contributed by atoms with Crippen molar-refractivity contribution in [2.24, 2.45) is 5.92 Å². The Morgan fingerprint density at radius 3 is 2.30 bits per heavy atom. The second-order valence-corrected chi connectivity index (χ2v) is 11.6. The summed E-state index contributed by atoms with van der Waals surface area (Å²) in [5.41, 5.74) is 5.35. The molecule has 7 nitrogen and oxygen atoms in total. The second kappa shape index (κ2) is 14.8. The molecular formula is C36H41N3O4. The zero-order chi connectivity index (χ0) is 30.0. The standard InChI is InChI=1S/C36H41N3O4/c1-37(27-40)25-34(41)39-21-17-30(18-22-39)32-13-8-14-33(23-32)35(31-11-6-3-7-12-31)36(42)43-26-29-15-19-38(20-16-29)24-28-9-4-2-5-10-28/h2-14,17,23,27,29,35H,15-16,18-22,24-26H2,1H3. The van der Waals surface area contributed by atoms with Gasteiger partial charge in [-0.15, -0.1) is 0 Å². The summed E-state index contributed by atoms with van der Waals surface area (Å²) in [6.45, 7) is 4.59. The monoisotopic (exact) mass is 579 g/mol. The molecule has 0 N–H and O–H groups in total. The van der Waals surface area contributed by atoms with Crippen LogP contribution in [0.25, 0.3) is 5.57 Å². The van der Waals surface area contributed by atoms with Crippen LogP contribution >= 0.6 is 0 Å². The minimum atomic E-state index is -0.513. The van der Waals surface area contributed by atoms with Gasteiger partial charge < -0.3 is 14.5 Å². The van der Waals surface area contributed by atoms with Gasteiger partial charge in [0.15, 0.2) is 0 Å². The first kappa shape index (κ1) is 30.2. The minimum Gasteiger partial charge on any atom is -0.465 e. The molecule has 7 heteroatoms. The molecule has 0 aliphatic carbocycles. The Hall–Kier alpha value is -4.23. The number of carbonyl (C=O) groups excluding carboxylic acids is 3. The number of benzene rings is 3. The van der Waals surface area contributed by atoms with Crippen molar-refractivity contribution >= 4 is 23.9 Å². The molecule has 3 aromatic carbocycles. The van der Waals surface area contributed by atoms with Gasteiger partial charge in [0.2, 0.25) is 12.3 Å². The Morgan fingerprint density at radius 2 is 1.63 bits per heavy atom. The number of hydrogen-bond donors (Lipinski definition) is 0. The molecule has 2 amide bonds. The Balaban J connectivity index is 1.22. The fourth-order valence-electron chi connectivity index (χ4n) is 5.97. The minimum absolute atomic E-state index is 0.0626. The molecule has 0 spiro atoms. The third-order valence-electron chi connectivity index (χ3n) is 8.50. The largest absolute Gasteiger partial charge is 0.465 e. The maximum absolute atomic E-state index is 13.7. The maximum atomic E-state index is 13.7. The van der Waals surface area contributed by atoms with Crippen LogP contribution in [-0.2, 0) is 25.7 Å². The van der Waals surface area contributed by atoms with Gasteiger partial charge >= 0.3 is 5.97 Å². The van der Waals surface area contributed by atoms with E-state index < -0.39 is 5.92 Å². The zero-order valence-electron chi connectivity index (χ0n) is 24.9. The molecule has 2 aliphatic rings. The molecule has 1 atom stereocenters. The summed E-state index contributed by atoms with van der Waals surface area (Å²) in [6, 6.07) is 28.5. The molecule has 1 fully saturated rings. The number of likely N-dealkylation sites (tertiary alicyclic amines) is 1. The fourth-order valence-corrected chi connectivity index (χ4v) is 5.97. The predicted molar refractivity (Wildman–Crippen MR) is 168 cm³/mol. The van der Waals surface area contributed by atoms with E-state index in [0.29, 0.717) is 38.4 Å². The molecule has 1 saturated heterocycles. The molecule has 0 bridgehead atoms. The van der Waals surface area contributed by atoms with Gasteiger partial charge in [-0.2, -0.15) is 0 Å². The van der Waals surface area contributed by atoms with E-state index in [0.717, 1.165) is 54.7 Å². The first-order chi connectivity index (χ1) is 21.0. The molecule has 224 valence electrons. The van der Waals surface area contributed by atoms with Gasteiger partial charge in [0.05, 0.1) is 13.2 Å². The number of piperidine rings is 1. The number of ether oxygens (including phenoxy) is 1. The number of carbonyl (C=O) groups is 3. The lowest BCUT2D eigenvalue weighted by Gasteiger charge is -2.32. The van der Waals surface area contributed by atoms with E-state index in [1.165, 1.54) is 10.5 Å². The first-order valence-electron chi connectivity index (χ1n) is 15.2. The van der Waals surface area contributed by atoms with Crippen molar-refractivity contribution in [2.75, 3.05) is 46.4 Å². The van der Waals surface area contributed by atoms with E-state index in [4.69, 9.17) is 4.74 Å². The van der Waals surface area contributed by atoms with Crippen molar-refractivity contribution in [2.45, 2.75) is 31.7 Å². The van der Waals surface area contributed by atoms with Crippen molar-refractivity contribution < 1.29 is 19.1 Å². The highest BCUT2D eigenvalue weighted by molar-refractivity contribution is 5.83. The lowest BCUT2D eigenvalue weighted by Crippen LogP contribution is -2.40. The van der Waals surface area contributed by atoms with Gasteiger partial charge in [0, 0.05) is 26.7 Å². The molecule has 0 saturated carbocycles. The molecule has 0 aromatic heterocycles. The Morgan fingerprint density at radius 1 is 0.930 bits per heavy atom. The normalized spacial score (nSPS) is 16.7. The third kappa shape index (κ3) is 8.20. The molecule has 3 aromatic rings. The number of hydrogen-bond acceptors (Lipinski definition) is 5. The van der Waals surface area contributed by atoms with Crippen LogP contribution < -0.4 is 0 Å². The zero-order valence-corrected chi connectivity index (χ0v) is 24.9. The van der Waals surface area contributed by atoms with Crippen molar-refractivity contribution in [1.29, 1.82) is 0 Å². The van der Waals surface area contributed by atoms with Gasteiger partial charge in [-0.1, -0.05) is 91.0 Å². The summed E-state index contributed by atoms with van der Waals surface area (Å²) < 4.78 is 6.03. The number of rotatable bonds is 11. The van der Waals surface area contributed by atoms with E-state index in [9.17, 15) is 14.4 Å². The lowest BCUT2D eigenvalue weighted by atomic mass is 9.88. The average Bonchev–Trinajstić information content (AvgIpc) is 3.05. The highest BCUT2D eigenvalue weighted by atomic mass is 16.5. The van der Waals surface area contributed by atoms with E-state index >= 15 is 0 Å². The number of amides is 2. The van der Waals surface area contributed by atoms with Gasteiger partial charge in [0.1, 0.15) is 5.92 Å². The second-order valence-electron chi connectivity index (χ2n) is 11.6. The van der Waals surface area contributed by atoms with Crippen LogP contribution in [0, 0.1) is 5.92 Å². The van der Waals surface area contributed by atoms with E-state index in [2.05, 4.69) is 47.4 Å². The summed E-state index contributed by atoms with van der Waals surface area (Å²) in [7, 11) is 1.60. The highest BCUT2D eigenvalue weighted by Crippen LogP contribution is 2.31. The van der Waals surface area contributed by atoms with Crippen molar-refractivity contribution in [3.63, 3.8) is 0 Å². The molecule has 2 heterocycles. The van der Waals surface area contributed by atoms with Crippen LogP contribution in [0.15, 0.2) is 91.0 Å². The first-order valence-corrected chi connectivity index (χ1v) is 15.2. The van der Waals surface area contributed by atoms with Crippen molar-refractivity contribution in [3.05, 3.63) is 113 Å². The highest BCUT2D eigenvalue weighted by Gasteiger charge is 2.27. The number of nitrogens with zero attached hydrogens (tertiary/aromatic N) is 3. The van der Waals surface area contributed by atoms with E-state index in [1.807, 2.05) is 48.5 Å². The summed E-state index contributed by atoms with van der Waals surface area (Å²) in [6.07, 6.45) is 5.48. The van der Waals surface area contributed by atoms with E-state index in [1.54, 1.807) is 11.9 Å². The summed E-state index contributed by atoms with van der Waals surface area (Å²) in [4.78, 5) is 42.7. The number of likely N-dealkylation sites (N-methyl/N-ethyl adjacent to an activating group) is 1.